The van der Waals surface area contributed by atoms with Gasteiger partial charge in [-0.3, -0.25) is 4.79 Å². The quantitative estimate of drug-likeness (QED) is 0.813. The molecule has 1 N–H and O–H groups in total. The van der Waals surface area contributed by atoms with E-state index in [1.165, 1.54) is 0 Å². The molecule has 1 saturated carbocycles. The fourth-order valence-corrected chi connectivity index (χ4v) is 3.41. The Bertz CT molecular complexity index is 351. The molecule has 94 valence electrons. The first-order valence-corrected chi connectivity index (χ1v) is 6.74. The van der Waals surface area contributed by atoms with Crippen molar-refractivity contribution in [3.63, 3.8) is 0 Å². The highest BCUT2D eigenvalue weighted by Gasteiger charge is 2.32. The molecule has 0 bridgehead atoms. The molecule has 3 heteroatoms. The third-order valence-corrected chi connectivity index (χ3v) is 4.42. The van der Waals surface area contributed by atoms with Crippen molar-refractivity contribution in [3.05, 3.63) is 23.3 Å². The lowest BCUT2D eigenvalue weighted by Crippen LogP contribution is -2.28. The fourth-order valence-electron chi connectivity index (χ4n) is 3.13. The van der Waals surface area contributed by atoms with Crippen molar-refractivity contribution < 1.29 is 9.90 Å². The number of hydrogen-bond acceptors (Lipinski definition) is 1. The Morgan fingerprint density at radius 3 is 2.53 bits per heavy atom. The molecule has 0 aromatic rings. The maximum atomic E-state index is 10.9. The van der Waals surface area contributed by atoms with Gasteiger partial charge >= 0.3 is 5.97 Å². The van der Waals surface area contributed by atoms with E-state index < -0.39 is 5.97 Å². The summed E-state index contributed by atoms with van der Waals surface area (Å²) in [5.74, 6) is 0.885. The summed E-state index contributed by atoms with van der Waals surface area (Å²) in [5.41, 5.74) is 0. The van der Waals surface area contributed by atoms with E-state index in [0.29, 0.717) is 17.8 Å². The Balaban J connectivity index is 1.94. The standard InChI is InChI=1S/C14H19ClO2/c1-9-8-12(15)6-7-13(9)10-2-4-11(5-3-10)14(16)17/h6-11,13H,2-5H2,1H3,(H,16,17). The van der Waals surface area contributed by atoms with Crippen LogP contribution >= 0.6 is 11.6 Å². The molecule has 0 radical (unpaired) electrons. The van der Waals surface area contributed by atoms with E-state index in [0.717, 1.165) is 30.7 Å². The molecule has 2 aliphatic rings. The van der Waals surface area contributed by atoms with Crippen molar-refractivity contribution >= 4 is 17.6 Å². The molecule has 2 atom stereocenters. The lowest BCUT2D eigenvalue weighted by atomic mass is 9.71. The minimum absolute atomic E-state index is 0.117. The van der Waals surface area contributed by atoms with Crippen molar-refractivity contribution in [1.29, 1.82) is 0 Å². The summed E-state index contributed by atoms with van der Waals surface area (Å²) in [5, 5.41) is 9.81. The van der Waals surface area contributed by atoms with Crippen LogP contribution in [0.25, 0.3) is 0 Å². The van der Waals surface area contributed by atoms with Crippen molar-refractivity contribution in [2.24, 2.45) is 23.7 Å². The van der Waals surface area contributed by atoms with E-state index in [1.807, 2.05) is 6.08 Å². The number of halogens is 1. The van der Waals surface area contributed by atoms with Crippen molar-refractivity contribution in [2.75, 3.05) is 0 Å². The molecular formula is C14H19ClO2. The maximum Gasteiger partial charge on any atom is 0.306 e. The third-order valence-electron chi connectivity index (χ3n) is 4.17. The molecule has 17 heavy (non-hydrogen) atoms. The van der Waals surface area contributed by atoms with Gasteiger partial charge in [0.15, 0.2) is 0 Å². The van der Waals surface area contributed by atoms with E-state index >= 15 is 0 Å². The zero-order valence-electron chi connectivity index (χ0n) is 10.1. The van der Waals surface area contributed by atoms with Crippen molar-refractivity contribution in [3.8, 4) is 0 Å². The van der Waals surface area contributed by atoms with Crippen LogP contribution in [0.2, 0.25) is 0 Å². The third kappa shape index (κ3) is 2.92. The van der Waals surface area contributed by atoms with Crippen LogP contribution in [0.15, 0.2) is 23.3 Å². The number of carbonyl (C=O) groups is 1. The number of hydrogen-bond donors (Lipinski definition) is 1. The summed E-state index contributed by atoms with van der Waals surface area (Å²) in [6.45, 7) is 2.19. The summed E-state index contributed by atoms with van der Waals surface area (Å²) in [7, 11) is 0. The minimum Gasteiger partial charge on any atom is -0.481 e. The molecule has 0 spiro atoms. The van der Waals surface area contributed by atoms with E-state index in [-0.39, 0.29) is 5.92 Å². The second-order valence-electron chi connectivity index (χ2n) is 5.30. The van der Waals surface area contributed by atoms with Gasteiger partial charge in [-0.15, -0.1) is 0 Å². The van der Waals surface area contributed by atoms with Crippen molar-refractivity contribution in [2.45, 2.75) is 32.6 Å². The van der Waals surface area contributed by atoms with Crippen LogP contribution in [-0.2, 0) is 4.79 Å². The van der Waals surface area contributed by atoms with Gasteiger partial charge in [0.2, 0.25) is 0 Å². The zero-order chi connectivity index (χ0) is 12.4. The highest BCUT2D eigenvalue weighted by atomic mass is 35.5. The SMILES string of the molecule is CC1C=C(Cl)C=CC1C1CCC(C(=O)O)CC1. The monoisotopic (exact) mass is 254 g/mol. The van der Waals surface area contributed by atoms with Crippen LogP contribution in [-0.4, -0.2) is 11.1 Å². The van der Waals surface area contributed by atoms with E-state index in [9.17, 15) is 4.79 Å². The number of rotatable bonds is 2. The predicted molar refractivity (Wildman–Crippen MR) is 68.8 cm³/mol. The molecule has 2 rings (SSSR count). The summed E-state index contributed by atoms with van der Waals surface area (Å²) >= 11 is 5.98. The lowest BCUT2D eigenvalue weighted by molar-refractivity contribution is -0.143. The minimum atomic E-state index is -0.626. The Labute approximate surface area is 107 Å². The first kappa shape index (κ1) is 12.7. The summed E-state index contributed by atoms with van der Waals surface area (Å²) in [6.07, 6.45) is 10.0. The summed E-state index contributed by atoms with van der Waals surface area (Å²) in [4.78, 5) is 10.9. The van der Waals surface area contributed by atoms with Gasteiger partial charge in [-0.2, -0.15) is 0 Å². The average Bonchev–Trinajstić information content (AvgIpc) is 2.29. The number of carboxylic acids is 1. The van der Waals surface area contributed by atoms with Gasteiger partial charge in [-0.1, -0.05) is 30.7 Å². The van der Waals surface area contributed by atoms with Crippen LogP contribution in [0, 0.1) is 23.7 Å². The van der Waals surface area contributed by atoms with Crippen LogP contribution in [0.1, 0.15) is 32.6 Å². The van der Waals surface area contributed by atoms with Crippen LogP contribution in [0.5, 0.6) is 0 Å². The number of aliphatic carboxylic acids is 1. The van der Waals surface area contributed by atoms with Gasteiger partial charge in [-0.05, 0) is 49.5 Å². The largest absolute Gasteiger partial charge is 0.481 e. The Morgan fingerprint density at radius 1 is 1.35 bits per heavy atom. The highest BCUT2D eigenvalue weighted by molar-refractivity contribution is 6.31. The first-order valence-electron chi connectivity index (χ1n) is 6.36. The summed E-state index contributed by atoms with van der Waals surface area (Å²) in [6, 6.07) is 0. The molecule has 2 unspecified atom stereocenters. The van der Waals surface area contributed by atoms with Gasteiger partial charge in [-0.25, -0.2) is 0 Å². The molecule has 2 aliphatic carbocycles. The summed E-state index contributed by atoms with van der Waals surface area (Å²) < 4.78 is 0. The molecule has 2 nitrogen and oxygen atoms in total. The molecule has 0 saturated heterocycles. The highest BCUT2D eigenvalue weighted by Crippen LogP contribution is 2.39. The van der Waals surface area contributed by atoms with E-state index in [1.54, 1.807) is 0 Å². The molecule has 0 amide bonds. The smallest absolute Gasteiger partial charge is 0.306 e. The maximum absolute atomic E-state index is 10.9. The zero-order valence-corrected chi connectivity index (χ0v) is 10.9. The first-order chi connectivity index (χ1) is 8.08. The molecule has 0 aromatic heterocycles. The molecule has 0 aromatic carbocycles. The molecule has 1 fully saturated rings. The molecule has 0 heterocycles. The van der Waals surface area contributed by atoms with E-state index in [4.69, 9.17) is 16.7 Å². The number of carboxylic acid groups (broad SMARTS) is 1. The van der Waals surface area contributed by atoms with Crippen LogP contribution in [0.3, 0.4) is 0 Å². The Hall–Kier alpha value is -0.760. The van der Waals surface area contributed by atoms with Crippen LogP contribution in [0.4, 0.5) is 0 Å². The predicted octanol–water partition coefficient (Wildman–Crippen LogP) is 3.82. The van der Waals surface area contributed by atoms with Gasteiger partial charge in [0, 0.05) is 5.03 Å². The molecular weight excluding hydrogens is 236 g/mol. The van der Waals surface area contributed by atoms with Crippen molar-refractivity contribution in [1.82, 2.24) is 0 Å². The van der Waals surface area contributed by atoms with Gasteiger partial charge in [0.1, 0.15) is 0 Å². The Morgan fingerprint density at radius 2 is 2.00 bits per heavy atom. The lowest BCUT2D eigenvalue weighted by Gasteiger charge is -2.34. The molecule has 0 aliphatic heterocycles. The second-order valence-corrected chi connectivity index (χ2v) is 5.73. The number of allylic oxidation sites excluding steroid dienone is 4. The average molecular weight is 255 g/mol. The second kappa shape index (κ2) is 5.26. The van der Waals surface area contributed by atoms with E-state index in [2.05, 4.69) is 19.1 Å². The van der Waals surface area contributed by atoms with Gasteiger partial charge in [0.25, 0.3) is 0 Å². The van der Waals surface area contributed by atoms with Gasteiger partial charge < -0.3 is 5.11 Å². The normalized spacial score (nSPS) is 37.6. The van der Waals surface area contributed by atoms with Gasteiger partial charge in [0.05, 0.1) is 5.92 Å². The van der Waals surface area contributed by atoms with Crippen LogP contribution < -0.4 is 0 Å². The topological polar surface area (TPSA) is 37.3 Å². The fraction of sp³-hybridized carbons (Fsp3) is 0.643. The Kier molecular flexibility index (Phi) is 3.93.